The molecule has 0 saturated carbocycles. The van der Waals surface area contributed by atoms with Crippen LogP contribution in [0.3, 0.4) is 0 Å². The number of ether oxygens (including phenoxy) is 2. The van der Waals surface area contributed by atoms with Crippen molar-refractivity contribution >= 4 is 33.0 Å². The zero-order valence-electron chi connectivity index (χ0n) is 28.3. The predicted molar refractivity (Wildman–Crippen MR) is 201 cm³/mol. The van der Waals surface area contributed by atoms with Crippen LogP contribution in [-0.2, 0) is 16.6 Å². The largest absolute Gasteiger partial charge is 0.494 e. The van der Waals surface area contributed by atoms with E-state index in [0.717, 1.165) is 22.4 Å². The van der Waals surface area contributed by atoms with Crippen LogP contribution in [0.4, 0.5) is 17.1 Å². The second-order valence-corrected chi connectivity index (χ2v) is 13.9. The van der Waals surface area contributed by atoms with Crippen LogP contribution >= 0.6 is 0 Å². The van der Waals surface area contributed by atoms with E-state index < -0.39 is 16.2 Å². The SMILES string of the molecule is CCOc1ccc(NS(=O)(=O)c2ccc3c(c2)C(=O)N(c2ccc(C)cc2)[C@@H](c2ccc(Oc4ccccc4)cc2)N3Cc2ccccc2)cc1. The molecule has 51 heavy (non-hydrogen) atoms. The molecule has 1 amide bonds. The molecule has 6 aromatic carbocycles. The fourth-order valence-electron chi connectivity index (χ4n) is 6.19. The molecule has 0 fully saturated rings. The quantitative estimate of drug-likeness (QED) is 0.145. The van der Waals surface area contributed by atoms with Gasteiger partial charge in [-0.05, 0) is 104 Å². The van der Waals surface area contributed by atoms with E-state index in [1.807, 2.05) is 123 Å². The van der Waals surface area contributed by atoms with Crippen molar-refractivity contribution < 1.29 is 22.7 Å². The van der Waals surface area contributed by atoms with E-state index in [-0.39, 0.29) is 16.4 Å². The average molecular weight is 696 g/mol. The second kappa shape index (κ2) is 14.4. The minimum absolute atomic E-state index is 0.0205. The van der Waals surface area contributed by atoms with E-state index in [4.69, 9.17) is 9.47 Å². The van der Waals surface area contributed by atoms with Gasteiger partial charge < -0.3 is 14.4 Å². The van der Waals surface area contributed by atoms with Crippen LogP contribution in [0, 0.1) is 6.92 Å². The Labute approximate surface area is 298 Å². The first-order valence-electron chi connectivity index (χ1n) is 16.7. The van der Waals surface area contributed by atoms with Crippen molar-refractivity contribution in [2.24, 2.45) is 0 Å². The van der Waals surface area contributed by atoms with E-state index >= 15 is 0 Å². The first-order chi connectivity index (χ1) is 24.8. The van der Waals surface area contributed by atoms with Gasteiger partial charge in [0.15, 0.2) is 0 Å². The number of nitrogens with zero attached hydrogens (tertiary/aromatic N) is 2. The number of benzene rings is 6. The van der Waals surface area contributed by atoms with Crippen LogP contribution in [0.15, 0.2) is 157 Å². The third kappa shape index (κ3) is 7.29. The first kappa shape index (κ1) is 33.4. The van der Waals surface area contributed by atoms with Gasteiger partial charge in [0.2, 0.25) is 0 Å². The molecule has 0 aliphatic carbocycles. The van der Waals surface area contributed by atoms with Gasteiger partial charge in [-0.15, -0.1) is 0 Å². The molecule has 0 bridgehead atoms. The van der Waals surface area contributed by atoms with Crippen molar-refractivity contribution in [1.82, 2.24) is 0 Å². The molecule has 0 unspecified atom stereocenters. The number of hydrogen-bond donors (Lipinski definition) is 1. The lowest BCUT2D eigenvalue weighted by atomic mass is 9.98. The summed E-state index contributed by atoms with van der Waals surface area (Å²) in [7, 11) is -4.05. The summed E-state index contributed by atoms with van der Waals surface area (Å²) in [6, 6.07) is 46.6. The Kier molecular flexibility index (Phi) is 9.46. The van der Waals surface area contributed by atoms with Gasteiger partial charge in [-0.2, -0.15) is 0 Å². The molecular weight excluding hydrogens is 659 g/mol. The Bertz CT molecular complexity index is 2230. The number of carbonyl (C=O) groups is 1. The second-order valence-electron chi connectivity index (χ2n) is 12.2. The molecule has 1 heterocycles. The average Bonchev–Trinajstić information content (AvgIpc) is 3.15. The maximum atomic E-state index is 14.8. The number of aryl methyl sites for hydroxylation is 1. The van der Waals surface area contributed by atoms with Gasteiger partial charge in [-0.1, -0.05) is 78.4 Å². The van der Waals surface area contributed by atoms with Crippen molar-refractivity contribution in [2.45, 2.75) is 31.5 Å². The standard InChI is InChI=1S/C42H37N3O5S/c1-3-49-35-24-18-33(19-25-35)43-51(47,48)38-26-27-40-39(28-38)42(46)45(34-20-14-30(2)15-21-34)41(44(40)29-31-10-6-4-7-11-31)32-16-22-37(23-17-32)50-36-12-8-5-9-13-36/h4-28,41,43H,3,29H2,1-2H3/t41-/m0/s1. The van der Waals surface area contributed by atoms with Crippen LogP contribution in [0.1, 0.15) is 40.1 Å². The molecule has 256 valence electrons. The lowest BCUT2D eigenvalue weighted by Crippen LogP contribution is -2.49. The molecule has 8 nitrogen and oxygen atoms in total. The number of amides is 1. The van der Waals surface area contributed by atoms with Gasteiger partial charge in [0.25, 0.3) is 15.9 Å². The van der Waals surface area contributed by atoms with Crippen LogP contribution in [0.5, 0.6) is 17.2 Å². The summed E-state index contributed by atoms with van der Waals surface area (Å²) in [5.74, 6) is 1.72. The van der Waals surface area contributed by atoms with E-state index in [0.29, 0.717) is 41.7 Å². The maximum absolute atomic E-state index is 14.8. The summed E-state index contributed by atoms with van der Waals surface area (Å²) in [5.41, 5.74) is 4.92. The highest BCUT2D eigenvalue weighted by molar-refractivity contribution is 7.92. The summed E-state index contributed by atoms with van der Waals surface area (Å²) in [6.45, 7) is 4.84. The van der Waals surface area contributed by atoms with Crippen LogP contribution in [-0.4, -0.2) is 20.9 Å². The molecule has 6 aromatic rings. The Balaban J connectivity index is 1.32. The van der Waals surface area contributed by atoms with Gasteiger partial charge in [-0.3, -0.25) is 14.4 Å². The molecule has 9 heteroatoms. The summed E-state index contributed by atoms with van der Waals surface area (Å²) < 4.78 is 41.7. The Hall–Kier alpha value is -6.06. The summed E-state index contributed by atoms with van der Waals surface area (Å²) in [5, 5.41) is 0. The topological polar surface area (TPSA) is 88.2 Å². The molecule has 1 aliphatic heterocycles. The lowest BCUT2D eigenvalue weighted by molar-refractivity contribution is 0.0968. The van der Waals surface area contributed by atoms with Crippen molar-refractivity contribution in [1.29, 1.82) is 0 Å². The fraction of sp³-hybridized carbons (Fsp3) is 0.119. The van der Waals surface area contributed by atoms with Crippen molar-refractivity contribution in [3.05, 3.63) is 174 Å². The first-order valence-corrected chi connectivity index (χ1v) is 18.2. The summed E-state index contributed by atoms with van der Waals surface area (Å²) >= 11 is 0. The van der Waals surface area contributed by atoms with Crippen molar-refractivity contribution in [3.63, 3.8) is 0 Å². The number of sulfonamides is 1. The maximum Gasteiger partial charge on any atom is 0.262 e. The zero-order valence-corrected chi connectivity index (χ0v) is 29.1. The molecule has 0 spiro atoms. The highest BCUT2D eigenvalue weighted by Crippen LogP contribution is 2.43. The number of hydrogen-bond acceptors (Lipinski definition) is 6. The van der Waals surface area contributed by atoms with E-state index in [2.05, 4.69) is 9.62 Å². The third-order valence-electron chi connectivity index (χ3n) is 8.66. The van der Waals surface area contributed by atoms with Crippen LogP contribution < -0.4 is 24.0 Å². The number of para-hydroxylation sites is 1. The number of fused-ring (bicyclic) bond motifs is 1. The molecule has 0 radical (unpaired) electrons. The number of carbonyl (C=O) groups excluding carboxylic acids is 1. The van der Waals surface area contributed by atoms with E-state index in [1.165, 1.54) is 6.07 Å². The fourth-order valence-corrected chi connectivity index (χ4v) is 7.28. The van der Waals surface area contributed by atoms with Crippen LogP contribution in [0.25, 0.3) is 0 Å². The number of anilines is 3. The number of rotatable bonds is 11. The molecule has 7 rings (SSSR count). The van der Waals surface area contributed by atoms with Gasteiger partial charge >= 0.3 is 0 Å². The van der Waals surface area contributed by atoms with Gasteiger partial charge in [-0.25, -0.2) is 8.42 Å². The smallest absolute Gasteiger partial charge is 0.262 e. The van der Waals surface area contributed by atoms with Gasteiger partial charge in [0.05, 0.1) is 22.8 Å². The predicted octanol–water partition coefficient (Wildman–Crippen LogP) is 9.35. The molecule has 0 aromatic heterocycles. The van der Waals surface area contributed by atoms with Gasteiger partial charge in [0.1, 0.15) is 23.4 Å². The zero-order chi connectivity index (χ0) is 35.4. The molecule has 1 N–H and O–H groups in total. The number of nitrogens with one attached hydrogen (secondary N) is 1. The Morgan fingerprint density at radius 1 is 0.706 bits per heavy atom. The third-order valence-corrected chi connectivity index (χ3v) is 10.0. The van der Waals surface area contributed by atoms with E-state index in [1.54, 1.807) is 41.3 Å². The molecule has 0 saturated heterocycles. The normalized spacial score (nSPS) is 14.2. The van der Waals surface area contributed by atoms with E-state index in [9.17, 15) is 13.2 Å². The molecular formula is C42H37N3O5S. The lowest BCUT2D eigenvalue weighted by Gasteiger charge is -2.46. The monoisotopic (exact) mass is 695 g/mol. The minimum Gasteiger partial charge on any atom is -0.494 e. The molecule has 1 atom stereocenters. The van der Waals surface area contributed by atoms with Crippen LogP contribution in [0.2, 0.25) is 0 Å². The van der Waals surface area contributed by atoms with Gasteiger partial charge in [0, 0.05) is 17.9 Å². The van der Waals surface area contributed by atoms with Crippen molar-refractivity contribution in [2.75, 3.05) is 21.1 Å². The highest BCUT2D eigenvalue weighted by Gasteiger charge is 2.40. The Morgan fingerprint density at radius 2 is 1.33 bits per heavy atom. The minimum atomic E-state index is -4.05. The summed E-state index contributed by atoms with van der Waals surface area (Å²) in [6.07, 6.45) is -0.567. The summed E-state index contributed by atoms with van der Waals surface area (Å²) in [4.78, 5) is 18.6. The highest BCUT2D eigenvalue weighted by atomic mass is 32.2. The Morgan fingerprint density at radius 3 is 2.00 bits per heavy atom. The van der Waals surface area contributed by atoms with Crippen molar-refractivity contribution in [3.8, 4) is 17.2 Å². The molecule has 1 aliphatic rings.